The van der Waals surface area contributed by atoms with E-state index in [1.165, 1.54) is 0 Å². The number of hydrogen-bond acceptors (Lipinski definition) is 5. The summed E-state index contributed by atoms with van der Waals surface area (Å²) in [6.45, 7) is 5.76. The molecule has 0 bridgehead atoms. The lowest BCUT2D eigenvalue weighted by molar-refractivity contribution is 0.0168. The molecule has 138 valence electrons. The van der Waals surface area contributed by atoms with E-state index < -0.39 is 0 Å². The highest BCUT2D eigenvalue weighted by Crippen LogP contribution is 2.11. The van der Waals surface area contributed by atoms with E-state index in [1.54, 1.807) is 14.2 Å². The predicted molar refractivity (Wildman–Crippen MR) is 102 cm³/mol. The molecule has 0 aliphatic carbocycles. The van der Waals surface area contributed by atoms with Crippen molar-refractivity contribution < 1.29 is 18.9 Å². The molecule has 8 heteroatoms. The first-order valence-corrected chi connectivity index (χ1v) is 8.07. The molecule has 1 saturated heterocycles. The normalized spacial score (nSPS) is 17.8. The smallest absolute Gasteiger partial charge is 0.191 e. The van der Waals surface area contributed by atoms with Gasteiger partial charge >= 0.3 is 0 Å². The maximum atomic E-state index is 5.61. The molecule has 1 heterocycles. The number of rotatable bonds is 12. The van der Waals surface area contributed by atoms with Gasteiger partial charge in [-0.1, -0.05) is 0 Å². The van der Waals surface area contributed by atoms with Crippen molar-refractivity contribution in [2.24, 2.45) is 4.99 Å². The highest BCUT2D eigenvalue weighted by atomic mass is 127. The van der Waals surface area contributed by atoms with Crippen LogP contribution in [0.1, 0.15) is 19.3 Å². The van der Waals surface area contributed by atoms with Crippen LogP contribution in [-0.4, -0.2) is 79.0 Å². The van der Waals surface area contributed by atoms with Gasteiger partial charge in [-0.2, -0.15) is 0 Å². The number of methoxy groups -OCH3 is 1. The molecule has 0 radical (unpaired) electrons. The quantitative estimate of drug-likeness (QED) is 0.202. The Kier molecular flexibility index (Phi) is 16.6. The van der Waals surface area contributed by atoms with Crippen molar-refractivity contribution in [3.05, 3.63) is 0 Å². The molecule has 0 saturated carbocycles. The molecular formula is C15H32IN3O4. The summed E-state index contributed by atoms with van der Waals surface area (Å²) in [7, 11) is 3.42. The fourth-order valence-electron chi connectivity index (χ4n) is 2.08. The van der Waals surface area contributed by atoms with E-state index in [1.807, 2.05) is 0 Å². The highest BCUT2D eigenvalue weighted by molar-refractivity contribution is 14.0. The standard InChI is InChI=1S/C15H31N3O4.HI/c1-16-15(18-7-10-20-12-11-19-2)17-6-4-8-21-13-14-5-3-9-22-14;/h14H,3-13H2,1-2H3,(H2,16,17,18);1H. The Balaban J connectivity index is 0.00000484. The van der Waals surface area contributed by atoms with Crippen LogP contribution in [0.3, 0.4) is 0 Å². The third-order valence-corrected chi connectivity index (χ3v) is 3.28. The van der Waals surface area contributed by atoms with Crippen molar-refractivity contribution in [1.29, 1.82) is 0 Å². The molecule has 1 aliphatic rings. The van der Waals surface area contributed by atoms with Crippen molar-refractivity contribution in [2.45, 2.75) is 25.4 Å². The zero-order chi connectivity index (χ0) is 15.9. The molecule has 1 aliphatic heterocycles. The molecule has 0 aromatic rings. The van der Waals surface area contributed by atoms with Gasteiger partial charge in [-0.15, -0.1) is 24.0 Å². The van der Waals surface area contributed by atoms with Crippen molar-refractivity contribution in [1.82, 2.24) is 10.6 Å². The van der Waals surface area contributed by atoms with E-state index in [0.29, 0.717) is 32.5 Å². The maximum absolute atomic E-state index is 5.61. The van der Waals surface area contributed by atoms with Gasteiger partial charge in [0.05, 0.1) is 32.5 Å². The van der Waals surface area contributed by atoms with E-state index in [4.69, 9.17) is 18.9 Å². The van der Waals surface area contributed by atoms with Crippen LogP contribution in [0.15, 0.2) is 4.99 Å². The number of nitrogens with zero attached hydrogens (tertiary/aromatic N) is 1. The van der Waals surface area contributed by atoms with E-state index in [0.717, 1.165) is 51.5 Å². The lowest BCUT2D eigenvalue weighted by atomic mass is 10.2. The van der Waals surface area contributed by atoms with Crippen LogP contribution in [0.2, 0.25) is 0 Å². The minimum atomic E-state index is 0. The van der Waals surface area contributed by atoms with Crippen molar-refractivity contribution >= 4 is 29.9 Å². The Morgan fingerprint density at radius 2 is 1.96 bits per heavy atom. The number of aliphatic imine (C=N–C) groups is 1. The van der Waals surface area contributed by atoms with Crippen molar-refractivity contribution in [3.63, 3.8) is 0 Å². The Bertz CT molecular complexity index is 290. The molecule has 23 heavy (non-hydrogen) atoms. The highest BCUT2D eigenvalue weighted by Gasteiger charge is 2.14. The summed E-state index contributed by atoms with van der Waals surface area (Å²) in [4.78, 5) is 4.16. The fraction of sp³-hybridized carbons (Fsp3) is 0.933. The van der Waals surface area contributed by atoms with Crippen molar-refractivity contribution in [2.75, 3.05) is 66.9 Å². The zero-order valence-corrected chi connectivity index (χ0v) is 16.7. The zero-order valence-electron chi connectivity index (χ0n) is 14.3. The SMILES string of the molecule is CN=C(NCCCOCC1CCCO1)NCCOCCOC.I. The molecule has 1 atom stereocenters. The van der Waals surface area contributed by atoms with Gasteiger partial charge in [0.1, 0.15) is 0 Å². The minimum Gasteiger partial charge on any atom is -0.382 e. The van der Waals surface area contributed by atoms with Gasteiger partial charge in [0.25, 0.3) is 0 Å². The van der Waals surface area contributed by atoms with E-state index in [9.17, 15) is 0 Å². The molecule has 0 amide bonds. The topological polar surface area (TPSA) is 73.3 Å². The number of nitrogens with one attached hydrogen (secondary N) is 2. The molecule has 1 fully saturated rings. The number of halogens is 1. The predicted octanol–water partition coefficient (Wildman–Crippen LogP) is 1.02. The van der Waals surface area contributed by atoms with Gasteiger partial charge in [0.2, 0.25) is 0 Å². The first-order valence-electron chi connectivity index (χ1n) is 8.07. The summed E-state index contributed by atoms with van der Waals surface area (Å²) < 4.78 is 21.4. The Morgan fingerprint density at radius 3 is 2.65 bits per heavy atom. The summed E-state index contributed by atoms with van der Waals surface area (Å²) in [5.41, 5.74) is 0. The first kappa shape index (κ1) is 22.8. The minimum absolute atomic E-state index is 0. The van der Waals surface area contributed by atoms with Gasteiger partial charge in [-0.25, -0.2) is 0 Å². The van der Waals surface area contributed by atoms with Crippen LogP contribution < -0.4 is 10.6 Å². The number of hydrogen-bond donors (Lipinski definition) is 2. The van der Waals surface area contributed by atoms with E-state index in [-0.39, 0.29) is 24.0 Å². The van der Waals surface area contributed by atoms with Gasteiger partial charge < -0.3 is 29.6 Å². The summed E-state index contributed by atoms with van der Waals surface area (Å²) >= 11 is 0. The molecule has 0 spiro atoms. The van der Waals surface area contributed by atoms with E-state index in [2.05, 4.69) is 15.6 Å². The maximum Gasteiger partial charge on any atom is 0.191 e. The molecule has 0 aromatic heterocycles. The number of guanidine groups is 1. The first-order chi connectivity index (χ1) is 10.9. The third-order valence-electron chi connectivity index (χ3n) is 3.28. The second-order valence-corrected chi connectivity index (χ2v) is 5.09. The molecule has 1 unspecified atom stereocenters. The van der Waals surface area contributed by atoms with Crippen LogP contribution in [0.5, 0.6) is 0 Å². The lowest BCUT2D eigenvalue weighted by Gasteiger charge is -2.13. The van der Waals surface area contributed by atoms with Gasteiger partial charge in [-0.3, -0.25) is 4.99 Å². The Hall–Kier alpha value is -0.160. The molecular weight excluding hydrogens is 413 g/mol. The average molecular weight is 445 g/mol. The lowest BCUT2D eigenvalue weighted by Crippen LogP contribution is -2.39. The van der Waals surface area contributed by atoms with Crippen LogP contribution in [0.25, 0.3) is 0 Å². The van der Waals surface area contributed by atoms with Gasteiger partial charge in [-0.05, 0) is 19.3 Å². The van der Waals surface area contributed by atoms with Crippen LogP contribution >= 0.6 is 24.0 Å². The summed E-state index contributed by atoms with van der Waals surface area (Å²) in [6, 6.07) is 0. The Labute approximate surface area is 156 Å². The largest absolute Gasteiger partial charge is 0.382 e. The summed E-state index contributed by atoms with van der Waals surface area (Å²) in [5, 5.41) is 6.44. The van der Waals surface area contributed by atoms with Gasteiger partial charge in [0.15, 0.2) is 5.96 Å². The van der Waals surface area contributed by atoms with Crippen molar-refractivity contribution in [3.8, 4) is 0 Å². The third kappa shape index (κ3) is 12.9. The number of ether oxygens (including phenoxy) is 4. The second kappa shape index (κ2) is 16.7. The van der Waals surface area contributed by atoms with Gasteiger partial charge in [0, 0.05) is 40.5 Å². The Morgan fingerprint density at radius 1 is 1.13 bits per heavy atom. The molecule has 0 aromatic carbocycles. The second-order valence-electron chi connectivity index (χ2n) is 5.09. The summed E-state index contributed by atoms with van der Waals surface area (Å²) in [5.74, 6) is 0.787. The summed E-state index contributed by atoms with van der Waals surface area (Å²) in [6.07, 6.45) is 3.53. The van der Waals surface area contributed by atoms with Crippen LogP contribution in [-0.2, 0) is 18.9 Å². The van der Waals surface area contributed by atoms with Crippen LogP contribution in [0.4, 0.5) is 0 Å². The van der Waals surface area contributed by atoms with E-state index >= 15 is 0 Å². The fourth-order valence-corrected chi connectivity index (χ4v) is 2.08. The molecule has 7 nitrogen and oxygen atoms in total. The van der Waals surface area contributed by atoms with Crippen LogP contribution in [0, 0.1) is 0 Å². The molecule has 1 rings (SSSR count). The molecule has 2 N–H and O–H groups in total. The monoisotopic (exact) mass is 445 g/mol. The average Bonchev–Trinajstić information content (AvgIpc) is 3.05.